The van der Waals surface area contributed by atoms with Crippen LogP contribution in [0.15, 0.2) is 36.8 Å². The van der Waals surface area contributed by atoms with Crippen molar-refractivity contribution in [3.63, 3.8) is 0 Å². The Bertz CT molecular complexity index is 1450. The molecule has 4 rings (SSSR count). The molecule has 1 fully saturated rings. The second kappa shape index (κ2) is 9.54. The number of aromatic nitrogens is 3. The van der Waals surface area contributed by atoms with Gasteiger partial charge in [-0.2, -0.15) is 13.1 Å². The molecule has 36 heavy (non-hydrogen) atoms. The number of nitrogens with two attached hydrogens (primary N) is 2. The minimum atomic E-state index is -4.92. The van der Waals surface area contributed by atoms with Crippen LogP contribution in [0, 0.1) is 11.8 Å². The summed E-state index contributed by atoms with van der Waals surface area (Å²) in [6, 6.07) is 5.28. The van der Waals surface area contributed by atoms with Crippen molar-refractivity contribution in [2.75, 3.05) is 12.3 Å². The van der Waals surface area contributed by atoms with Gasteiger partial charge < -0.3 is 30.0 Å². The maximum Gasteiger partial charge on any atom is 0.573 e. The van der Waals surface area contributed by atoms with Crippen LogP contribution < -0.4 is 20.3 Å². The predicted molar refractivity (Wildman–Crippen MR) is 118 cm³/mol. The number of halogens is 3. The van der Waals surface area contributed by atoms with Crippen molar-refractivity contribution in [3.05, 3.63) is 47.9 Å². The summed E-state index contributed by atoms with van der Waals surface area (Å²) in [4.78, 5) is 8.03. The molecule has 0 radical (unpaired) electrons. The first-order valence-corrected chi connectivity index (χ1v) is 11.7. The van der Waals surface area contributed by atoms with Crippen molar-refractivity contribution in [3.8, 4) is 17.6 Å². The smallest absolute Gasteiger partial charge is 0.404 e. The number of nitrogens with one attached hydrogen (secondary N) is 1. The first-order valence-electron chi connectivity index (χ1n) is 10.1. The maximum atomic E-state index is 12.7. The van der Waals surface area contributed by atoms with Crippen LogP contribution >= 0.6 is 0 Å². The van der Waals surface area contributed by atoms with E-state index in [1.54, 1.807) is 0 Å². The molecule has 16 heteroatoms. The molecule has 0 amide bonds. The zero-order valence-corrected chi connectivity index (χ0v) is 18.9. The van der Waals surface area contributed by atoms with E-state index < -0.39 is 53.4 Å². The monoisotopic (exact) mass is 528 g/mol. The average Bonchev–Trinajstić information content (AvgIpc) is 3.28. The Morgan fingerprint density at radius 2 is 1.86 bits per heavy atom. The number of rotatable bonds is 5. The topological polar surface area (TPSA) is 188 Å². The van der Waals surface area contributed by atoms with Gasteiger partial charge in [-0.1, -0.05) is 24.0 Å². The summed E-state index contributed by atoms with van der Waals surface area (Å²) in [5.41, 5.74) is 6.25. The fourth-order valence-corrected chi connectivity index (χ4v) is 4.04. The molecule has 4 atom stereocenters. The molecule has 1 aromatic carbocycles. The van der Waals surface area contributed by atoms with E-state index in [2.05, 4.69) is 26.5 Å². The number of anilines is 1. The second-order valence-electron chi connectivity index (χ2n) is 7.64. The third-order valence-corrected chi connectivity index (χ3v) is 5.75. The van der Waals surface area contributed by atoms with Crippen molar-refractivity contribution < 1.29 is 41.3 Å². The van der Waals surface area contributed by atoms with Gasteiger partial charge in [-0.25, -0.2) is 15.1 Å². The number of aliphatic hydroxyl groups excluding tert-OH is 2. The van der Waals surface area contributed by atoms with Gasteiger partial charge in [0.25, 0.3) is 10.2 Å². The molecule has 7 N–H and O–H groups in total. The van der Waals surface area contributed by atoms with Gasteiger partial charge in [0, 0.05) is 12.7 Å². The van der Waals surface area contributed by atoms with E-state index in [1.165, 1.54) is 29.0 Å². The van der Waals surface area contributed by atoms with Crippen LogP contribution in [0.5, 0.6) is 5.75 Å². The molecule has 0 bridgehead atoms. The van der Waals surface area contributed by atoms with Crippen molar-refractivity contribution >= 4 is 27.1 Å². The highest BCUT2D eigenvalue weighted by Crippen LogP contribution is 2.34. The van der Waals surface area contributed by atoms with Crippen LogP contribution in [0.25, 0.3) is 11.0 Å². The summed E-state index contributed by atoms with van der Waals surface area (Å²) in [7, 11) is -4.09. The van der Waals surface area contributed by atoms with Gasteiger partial charge in [-0.05, 0) is 12.1 Å². The molecule has 0 spiro atoms. The Morgan fingerprint density at radius 3 is 2.56 bits per heavy atom. The van der Waals surface area contributed by atoms with Crippen molar-refractivity contribution in [2.24, 2.45) is 5.14 Å². The zero-order valence-electron chi connectivity index (χ0n) is 18.0. The number of benzene rings is 1. The number of nitrogen functional groups attached to an aromatic ring is 1. The highest BCUT2D eigenvalue weighted by atomic mass is 32.2. The molecule has 12 nitrogen and oxygen atoms in total. The number of para-hydroxylation sites is 1. The molecule has 3 heterocycles. The second-order valence-corrected chi connectivity index (χ2v) is 9.02. The van der Waals surface area contributed by atoms with E-state index in [9.17, 15) is 31.8 Å². The Morgan fingerprint density at radius 1 is 1.17 bits per heavy atom. The van der Waals surface area contributed by atoms with Gasteiger partial charge in [0.1, 0.15) is 41.9 Å². The quantitative estimate of drug-likeness (QED) is 0.278. The van der Waals surface area contributed by atoms with Crippen LogP contribution in [0.4, 0.5) is 19.0 Å². The molecule has 0 saturated carbocycles. The van der Waals surface area contributed by atoms with E-state index in [4.69, 9.17) is 15.6 Å². The van der Waals surface area contributed by atoms with Gasteiger partial charge in [-0.3, -0.25) is 0 Å². The first-order chi connectivity index (χ1) is 16.8. The number of hydrogen-bond acceptors (Lipinski definition) is 9. The molecule has 1 aliphatic heterocycles. The Kier molecular flexibility index (Phi) is 6.79. The molecule has 1 aliphatic rings. The number of fused-ring (bicyclic) bond motifs is 1. The van der Waals surface area contributed by atoms with Crippen molar-refractivity contribution in [2.45, 2.75) is 30.9 Å². The molecule has 2 aromatic heterocycles. The van der Waals surface area contributed by atoms with Crippen molar-refractivity contribution in [1.29, 1.82) is 0 Å². The van der Waals surface area contributed by atoms with E-state index in [-0.39, 0.29) is 28.0 Å². The molecular formula is C20H19F3N6O6S. The lowest BCUT2D eigenvalue weighted by Gasteiger charge is -2.17. The number of hydrogen-bond donors (Lipinski definition) is 5. The summed E-state index contributed by atoms with van der Waals surface area (Å²) in [5, 5.41) is 26.0. The van der Waals surface area contributed by atoms with E-state index in [1.807, 2.05) is 4.72 Å². The highest BCUT2D eigenvalue weighted by Gasteiger charge is 2.44. The first kappa shape index (κ1) is 25.6. The lowest BCUT2D eigenvalue weighted by atomic mass is 10.1. The number of ether oxygens (including phenoxy) is 2. The lowest BCUT2D eigenvalue weighted by molar-refractivity contribution is -0.274. The third kappa shape index (κ3) is 5.51. The largest absolute Gasteiger partial charge is 0.573 e. The average molecular weight is 528 g/mol. The minimum Gasteiger partial charge on any atom is -0.404 e. The molecule has 0 aliphatic carbocycles. The van der Waals surface area contributed by atoms with Crippen LogP contribution in [-0.2, 0) is 14.9 Å². The summed E-state index contributed by atoms with van der Waals surface area (Å²) >= 11 is 0. The van der Waals surface area contributed by atoms with E-state index in [0.717, 1.165) is 12.4 Å². The van der Waals surface area contributed by atoms with Gasteiger partial charge in [-0.15, -0.1) is 13.2 Å². The molecule has 1 saturated heterocycles. The number of aliphatic hydroxyl groups is 2. The van der Waals surface area contributed by atoms with Gasteiger partial charge in [0.15, 0.2) is 6.23 Å². The zero-order chi connectivity index (χ0) is 26.3. The highest BCUT2D eigenvalue weighted by molar-refractivity contribution is 7.87. The Balaban J connectivity index is 1.72. The van der Waals surface area contributed by atoms with E-state index >= 15 is 0 Å². The van der Waals surface area contributed by atoms with Crippen LogP contribution in [-0.4, -0.2) is 64.4 Å². The van der Waals surface area contributed by atoms with Gasteiger partial charge in [0.2, 0.25) is 0 Å². The molecular weight excluding hydrogens is 509 g/mol. The minimum absolute atomic E-state index is 0.0108. The summed E-state index contributed by atoms with van der Waals surface area (Å²) in [6.07, 6.45) is -7.85. The number of nitrogens with zero attached hydrogens (tertiary/aromatic N) is 3. The maximum absolute atomic E-state index is 12.7. The van der Waals surface area contributed by atoms with Gasteiger partial charge in [0.05, 0.1) is 16.5 Å². The SMILES string of the molecule is Nc1ncnc2c1c(C#Cc1ccccc1OC(F)(F)F)cn2[C@@H]1O[C@H](CNS(N)(=O)=O)[C@@H](O)[C@H]1O. The van der Waals surface area contributed by atoms with Gasteiger partial charge >= 0.3 is 6.36 Å². The normalized spacial score (nSPS) is 22.4. The molecule has 192 valence electrons. The Labute approximate surface area is 201 Å². The van der Waals surface area contributed by atoms with Crippen LogP contribution in [0.3, 0.4) is 0 Å². The third-order valence-electron chi connectivity index (χ3n) is 5.18. The van der Waals surface area contributed by atoms with Crippen LogP contribution in [0.1, 0.15) is 17.4 Å². The lowest BCUT2D eigenvalue weighted by Crippen LogP contribution is -2.42. The summed E-state index contributed by atoms with van der Waals surface area (Å²) < 4.78 is 73.5. The summed E-state index contributed by atoms with van der Waals surface area (Å²) in [5.74, 6) is 4.79. The fourth-order valence-electron chi connectivity index (χ4n) is 3.64. The van der Waals surface area contributed by atoms with Crippen LogP contribution in [0.2, 0.25) is 0 Å². The predicted octanol–water partition coefficient (Wildman–Crippen LogP) is -0.276. The molecule has 0 unspecified atom stereocenters. The number of alkyl halides is 3. The fraction of sp³-hybridized carbons (Fsp3) is 0.300. The van der Waals surface area contributed by atoms with E-state index in [0.29, 0.717) is 0 Å². The standard InChI is InChI=1S/C20H19F3N6O6S/c21-20(22,23)35-12-4-2-1-3-10(12)5-6-11-8-29(18-14(11)17(24)26-9-27-18)19-16(31)15(30)13(34-19)7-28-36(25,32)33/h1-4,8-9,13,15-16,19,28,30-31H,7H2,(H2,24,26,27)(H2,25,32,33)/t13-,15-,16-,19-/m1/s1. The summed E-state index contributed by atoms with van der Waals surface area (Å²) in [6.45, 7) is -0.424. The molecule has 3 aromatic rings. The Hall–Kier alpha value is -3.46. The van der Waals surface area contributed by atoms with Crippen molar-refractivity contribution in [1.82, 2.24) is 19.3 Å².